The minimum atomic E-state index is 1.03. The molecule has 0 aliphatic heterocycles. The molecule has 3 heteroatoms. The second-order valence-corrected chi connectivity index (χ2v) is 3.79. The Morgan fingerprint density at radius 3 is 3.08 bits per heavy atom. The highest BCUT2D eigenvalue weighted by Crippen LogP contribution is 2.21. The van der Waals surface area contributed by atoms with E-state index >= 15 is 0 Å². The average Bonchev–Trinajstić information content (AvgIpc) is 2.59. The fourth-order valence-corrected chi connectivity index (χ4v) is 2.14. The molecular formula is C9H16N2S. The molecule has 1 aliphatic rings. The first-order chi connectivity index (χ1) is 5.86. The van der Waals surface area contributed by atoms with E-state index in [0.29, 0.717) is 0 Å². The molecule has 12 heavy (non-hydrogen) atoms. The molecule has 2 nitrogen and oxygen atoms in total. The molecule has 0 aromatic heterocycles. The molecule has 0 atom stereocenters. The van der Waals surface area contributed by atoms with Crippen molar-refractivity contribution in [3.8, 4) is 0 Å². The van der Waals surface area contributed by atoms with Gasteiger partial charge in [-0.25, -0.2) is 0 Å². The van der Waals surface area contributed by atoms with E-state index in [2.05, 4.69) is 16.4 Å². The summed E-state index contributed by atoms with van der Waals surface area (Å²) in [6.45, 7) is 0. The second kappa shape index (κ2) is 5.25. The average molecular weight is 184 g/mol. The van der Waals surface area contributed by atoms with Crippen molar-refractivity contribution in [2.75, 3.05) is 19.8 Å². The minimum Gasteiger partial charge on any atom is -0.368 e. The molecule has 0 spiro atoms. The molecule has 0 fully saturated rings. The van der Waals surface area contributed by atoms with E-state index in [9.17, 15) is 0 Å². The second-order valence-electron chi connectivity index (χ2n) is 2.82. The third-order valence-electron chi connectivity index (χ3n) is 1.95. The van der Waals surface area contributed by atoms with Crippen molar-refractivity contribution < 1.29 is 0 Å². The van der Waals surface area contributed by atoms with Gasteiger partial charge in [0, 0.05) is 19.8 Å². The number of rotatable bonds is 2. The van der Waals surface area contributed by atoms with Gasteiger partial charge in [-0.05, 0) is 19.3 Å². The Morgan fingerprint density at radius 2 is 2.58 bits per heavy atom. The van der Waals surface area contributed by atoms with Crippen LogP contribution in [0.2, 0.25) is 0 Å². The van der Waals surface area contributed by atoms with E-state index in [4.69, 9.17) is 0 Å². The Kier molecular flexibility index (Phi) is 4.22. The standard InChI is InChI=1S/C9H16N2S/c1-10-9(11-2)12-7-8-5-3-4-6-8/h5H,3-4,6-7H2,1-2H3,(H,10,11). The highest BCUT2D eigenvalue weighted by atomic mass is 32.2. The lowest BCUT2D eigenvalue weighted by Gasteiger charge is -2.04. The number of allylic oxidation sites excluding steroid dienone is 1. The number of thioether (sulfide) groups is 1. The van der Waals surface area contributed by atoms with Crippen molar-refractivity contribution >= 4 is 16.9 Å². The Balaban J connectivity index is 2.24. The van der Waals surface area contributed by atoms with Crippen LogP contribution in [0.5, 0.6) is 0 Å². The van der Waals surface area contributed by atoms with Crippen LogP contribution in [0.25, 0.3) is 0 Å². The van der Waals surface area contributed by atoms with Crippen molar-refractivity contribution in [3.05, 3.63) is 11.6 Å². The molecule has 1 rings (SSSR count). The van der Waals surface area contributed by atoms with E-state index < -0.39 is 0 Å². The molecule has 0 unspecified atom stereocenters. The third kappa shape index (κ3) is 2.89. The van der Waals surface area contributed by atoms with Gasteiger partial charge in [-0.1, -0.05) is 23.4 Å². The summed E-state index contributed by atoms with van der Waals surface area (Å²) in [6.07, 6.45) is 6.26. The van der Waals surface area contributed by atoms with Gasteiger partial charge in [0.25, 0.3) is 0 Å². The van der Waals surface area contributed by atoms with Crippen LogP contribution in [0.15, 0.2) is 16.6 Å². The summed E-state index contributed by atoms with van der Waals surface area (Å²) in [7, 11) is 3.74. The van der Waals surface area contributed by atoms with Crippen LogP contribution >= 0.6 is 11.8 Å². The SMILES string of the molecule is CN=C(NC)SCC1=CCCC1. The lowest BCUT2D eigenvalue weighted by Crippen LogP contribution is -2.14. The molecule has 1 N–H and O–H groups in total. The van der Waals surface area contributed by atoms with Crippen molar-refractivity contribution in [2.45, 2.75) is 19.3 Å². The molecule has 0 aromatic carbocycles. The molecule has 68 valence electrons. The Bertz CT molecular complexity index is 195. The number of hydrogen-bond donors (Lipinski definition) is 1. The van der Waals surface area contributed by atoms with Crippen molar-refractivity contribution in [1.29, 1.82) is 0 Å². The predicted molar refractivity (Wildman–Crippen MR) is 56.8 cm³/mol. The molecule has 1 aliphatic carbocycles. The first-order valence-corrected chi connectivity index (χ1v) is 5.30. The fourth-order valence-electron chi connectivity index (χ4n) is 1.28. The van der Waals surface area contributed by atoms with Crippen molar-refractivity contribution in [2.24, 2.45) is 4.99 Å². The maximum atomic E-state index is 4.11. The third-order valence-corrected chi connectivity index (χ3v) is 3.12. The summed E-state index contributed by atoms with van der Waals surface area (Å²) in [4.78, 5) is 4.11. The first-order valence-electron chi connectivity index (χ1n) is 4.32. The smallest absolute Gasteiger partial charge is 0.156 e. The zero-order valence-corrected chi connectivity index (χ0v) is 8.58. The van der Waals surface area contributed by atoms with E-state index in [1.807, 2.05) is 14.1 Å². The van der Waals surface area contributed by atoms with E-state index in [0.717, 1.165) is 10.9 Å². The van der Waals surface area contributed by atoms with Gasteiger partial charge in [-0.3, -0.25) is 4.99 Å². The van der Waals surface area contributed by atoms with Gasteiger partial charge in [-0.15, -0.1) is 0 Å². The topological polar surface area (TPSA) is 24.4 Å². The van der Waals surface area contributed by atoms with Gasteiger partial charge in [0.1, 0.15) is 0 Å². The zero-order chi connectivity index (χ0) is 8.81. The van der Waals surface area contributed by atoms with E-state index in [-0.39, 0.29) is 0 Å². The van der Waals surface area contributed by atoms with Gasteiger partial charge in [-0.2, -0.15) is 0 Å². The summed E-state index contributed by atoms with van der Waals surface area (Å²) in [5.41, 5.74) is 1.58. The normalized spacial score (nSPS) is 17.8. The summed E-state index contributed by atoms with van der Waals surface area (Å²) in [6, 6.07) is 0. The molecule has 0 bridgehead atoms. The van der Waals surface area contributed by atoms with E-state index in [1.165, 1.54) is 19.3 Å². The highest BCUT2D eigenvalue weighted by Gasteiger charge is 2.05. The lowest BCUT2D eigenvalue weighted by atomic mass is 10.3. The van der Waals surface area contributed by atoms with Crippen LogP contribution in [-0.2, 0) is 0 Å². The summed E-state index contributed by atoms with van der Waals surface area (Å²) >= 11 is 1.79. The van der Waals surface area contributed by atoms with Crippen LogP contribution < -0.4 is 5.32 Å². The van der Waals surface area contributed by atoms with E-state index in [1.54, 1.807) is 17.3 Å². The van der Waals surface area contributed by atoms with Gasteiger partial charge in [0.05, 0.1) is 0 Å². The largest absolute Gasteiger partial charge is 0.368 e. The molecule has 0 aromatic rings. The molecule has 0 saturated heterocycles. The molecule has 0 radical (unpaired) electrons. The minimum absolute atomic E-state index is 1.03. The molecule has 0 heterocycles. The Morgan fingerprint density at radius 1 is 1.75 bits per heavy atom. The number of hydrogen-bond acceptors (Lipinski definition) is 2. The molecule has 0 saturated carbocycles. The Hall–Kier alpha value is -0.440. The van der Waals surface area contributed by atoms with Gasteiger partial charge >= 0.3 is 0 Å². The van der Waals surface area contributed by atoms with Gasteiger partial charge in [0.15, 0.2) is 5.17 Å². The monoisotopic (exact) mass is 184 g/mol. The van der Waals surface area contributed by atoms with Gasteiger partial charge < -0.3 is 5.32 Å². The molecule has 0 amide bonds. The first kappa shape index (κ1) is 9.65. The van der Waals surface area contributed by atoms with Crippen molar-refractivity contribution in [3.63, 3.8) is 0 Å². The van der Waals surface area contributed by atoms with Crippen LogP contribution in [0.4, 0.5) is 0 Å². The lowest BCUT2D eigenvalue weighted by molar-refractivity contribution is 0.908. The number of nitrogens with one attached hydrogen (secondary N) is 1. The summed E-state index contributed by atoms with van der Waals surface area (Å²) in [5.74, 6) is 1.10. The molecular weight excluding hydrogens is 168 g/mol. The van der Waals surface area contributed by atoms with Crippen molar-refractivity contribution in [1.82, 2.24) is 5.32 Å². The maximum absolute atomic E-state index is 4.11. The summed E-state index contributed by atoms with van der Waals surface area (Å²) in [5, 5.41) is 4.09. The highest BCUT2D eigenvalue weighted by molar-refractivity contribution is 8.13. The zero-order valence-electron chi connectivity index (χ0n) is 7.76. The maximum Gasteiger partial charge on any atom is 0.156 e. The number of amidine groups is 1. The summed E-state index contributed by atoms with van der Waals surface area (Å²) < 4.78 is 0. The van der Waals surface area contributed by atoms with Crippen LogP contribution in [-0.4, -0.2) is 25.0 Å². The number of aliphatic imine (C=N–C) groups is 1. The van der Waals surface area contributed by atoms with Crippen LogP contribution in [0, 0.1) is 0 Å². The van der Waals surface area contributed by atoms with Crippen LogP contribution in [0.1, 0.15) is 19.3 Å². The number of nitrogens with zero attached hydrogens (tertiary/aromatic N) is 1. The fraction of sp³-hybridized carbons (Fsp3) is 0.667. The predicted octanol–water partition coefficient (Wildman–Crippen LogP) is 2.04. The van der Waals surface area contributed by atoms with Crippen LogP contribution in [0.3, 0.4) is 0 Å². The quantitative estimate of drug-likeness (QED) is 0.403. The Labute approximate surface area is 78.5 Å². The van der Waals surface area contributed by atoms with Gasteiger partial charge in [0.2, 0.25) is 0 Å².